The van der Waals surface area contributed by atoms with Crippen molar-refractivity contribution < 1.29 is 4.39 Å². The lowest BCUT2D eigenvalue weighted by Crippen LogP contribution is -2.03. The Balaban J connectivity index is 1.88. The number of rotatable bonds is 4. The number of halogens is 1. The van der Waals surface area contributed by atoms with Crippen molar-refractivity contribution in [2.75, 3.05) is 10.6 Å². The van der Waals surface area contributed by atoms with Crippen LogP contribution in [0.5, 0.6) is 0 Å². The Morgan fingerprint density at radius 3 is 2.62 bits per heavy atom. The molecule has 2 N–H and O–H groups in total. The number of aryl methyl sites for hydroxylation is 1. The van der Waals surface area contributed by atoms with Gasteiger partial charge in [-0.1, -0.05) is 18.2 Å². The van der Waals surface area contributed by atoms with Crippen molar-refractivity contribution in [3.05, 3.63) is 71.7 Å². The molecule has 3 rings (SSSR count). The molecule has 0 saturated carbocycles. The van der Waals surface area contributed by atoms with E-state index in [9.17, 15) is 4.39 Å². The summed E-state index contributed by atoms with van der Waals surface area (Å²) in [5, 5.41) is 15.2. The number of nitrogens with zero attached hydrogens (tertiary/aromatic N) is 3. The summed E-state index contributed by atoms with van der Waals surface area (Å²) < 4.78 is 13.3. The van der Waals surface area contributed by atoms with E-state index < -0.39 is 0 Å². The molecule has 0 spiro atoms. The Labute approximate surface area is 138 Å². The summed E-state index contributed by atoms with van der Waals surface area (Å²) in [6, 6.07) is 17.1. The molecule has 1 heterocycles. The molecule has 3 aromatic rings. The summed E-state index contributed by atoms with van der Waals surface area (Å²) in [7, 11) is 0. The topological polar surface area (TPSA) is 73.6 Å². The number of hydrogen-bond acceptors (Lipinski definition) is 5. The Morgan fingerprint density at radius 1 is 1.00 bits per heavy atom. The zero-order valence-corrected chi connectivity index (χ0v) is 12.9. The lowest BCUT2D eigenvalue weighted by molar-refractivity contribution is 0.628. The first-order valence-corrected chi connectivity index (χ1v) is 7.28. The van der Waals surface area contributed by atoms with E-state index >= 15 is 0 Å². The van der Waals surface area contributed by atoms with Crippen molar-refractivity contribution in [1.82, 2.24) is 9.97 Å². The second-order valence-electron chi connectivity index (χ2n) is 5.14. The number of benzene rings is 2. The first-order valence-electron chi connectivity index (χ1n) is 7.28. The van der Waals surface area contributed by atoms with Crippen LogP contribution in [0.2, 0.25) is 0 Å². The van der Waals surface area contributed by atoms with Crippen LogP contribution in [-0.2, 0) is 0 Å². The number of anilines is 4. The molecule has 0 atom stereocenters. The standard InChI is InChI=1S/C18H14FN5/c1-12-9-17(23-16-8-3-2-5-13(16)11-20)24-18(21-12)22-15-7-4-6-14(19)10-15/h2-10H,1H3,(H2,21,22,23,24). The second kappa shape index (κ2) is 6.75. The lowest BCUT2D eigenvalue weighted by Gasteiger charge is -2.11. The zero-order valence-electron chi connectivity index (χ0n) is 12.9. The number of nitrogens with one attached hydrogen (secondary N) is 2. The highest BCUT2D eigenvalue weighted by Gasteiger charge is 2.06. The molecule has 0 aliphatic carbocycles. The molecule has 0 radical (unpaired) electrons. The number of hydrogen-bond donors (Lipinski definition) is 2. The van der Waals surface area contributed by atoms with E-state index in [1.165, 1.54) is 12.1 Å². The molecule has 5 nitrogen and oxygen atoms in total. The summed E-state index contributed by atoms with van der Waals surface area (Å²) in [5.74, 6) is 0.551. The van der Waals surface area contributed by atoms with Gasteiger partial charge in [-0.05, 0) is 37.3 Å². The van der Waals surface area contributed by atoms with Gasteiger partial charge in [0.15, 0.2) is 0 Å². The monoisotopic (exact) mass is 319 g/mol. The summed E-state index contributed by atoms with van der Waals surface area (Å²) in [6.45, 7) is 1.83. The van der Waals surface area contributed by atoms with Gasteiger partial charge in [-0.25, -0.2) is 9.37 Å². The smallest absolute Gasteiger partial charge is 0.229 e. The summed E-state index contributed by atoms with van der Waals surface area (Å²) in [6.07, 6.45) is 0. The second-order valence-corrected chi connectivity index (χ2v) is 5.14. The van der Waals surface area contributed by atoms with Gasteiger partial charge in [0.05, 0.1) is 11.3 Å². The summed E-state index contributed by atoms with van der Waals surface area (Å²) in [4.78, 5) is 8.66. The maximum atomic E-state index is 13.3. The zero-order chi connectivity index (χ0) is 16.9. The van der Waals surface area contributed by atoms with Crippen LogP contribution >= 0.6 is 0 Å². The highest BCUT2D eigenvalue weighted by molar-refractivity contribution is 5.65. The third-order valence-electron chi connectivity index (χ3n) is 3.25. The van der Waals surface area contributed by atoms with Gasteiger partial charge in [-0.3, -0.25) is 0 Å². The quantitative estimate of drug-likeness (QED) is 0.750. The van der Waals surface area contributed by atoms with Gasteiger partial charge in [-0.2, -0.15) is 10.2 Å². The number of nitriles is 1. The van der Waals surface area contributed by atoms with Gasteiger partial charge < -0.3 is 10.6 Å². The molecule has 0 bridgehead atoms. The Bertz CT molecular complexity index is 917. The van der Waals surface area contributed by atoms with Gasteiger partial charge in [-0.15, -0.1) is 0 Å². The Hall–Kier alpha value is -3.46. The van der Waals surface area contributed by atoms with Crippen LogP contribution in [0.4, 0.5) is 27.5 Å². The van der Waals surface area contributed by atoms with Crippen molar-refractivity contribution in [2.45, 2.75) is 6.92 Å². The molecule has 24 heavy (non-hydrogen) atoms. The van der Waals surface area contributed by atoms with Crippen molar-refractivity contribution >= 4 is 23.1 Å². The molecular weight excluding hydrogens is 305 g/mol. The molecule has 0 saturated heterocycles. The largest absolute Gasteiger partial charge is 0.339 e. The minimum Gasteiger partial charge on any atom is -0.339 e. The van der Waals surface area contributed by atoms with E-state index in [1.54, 1.807) is 36.4 Å². The van der Waals surface area contributed by atoms with Crippen molar-refractivity contribution in [2.24, 2.45) is 0 Å². The van der Waals surface area contributed by atoms with Gasteiger partial charge in [0.25, 0.3) is 0 Å². The molecule has 0 fully saturated rings. The van der Waals surface area contributed by atoms with Crippen molar-refractivity contribution in [1.29, 1.82) is 5.26 Å². The van der Waals surface area contributed by atoms with Crippen LogP contribution in [0, 0.1) is 24.1 Å². The van der Waals surface area contributed by atoms with E-state index in [4.69, 9.17) is 5.26 Å². The van der Waals surface area contributed by atoms with E-state index in [0.717, 1.165) is 5.69 Å². The van der Waals surface area contributed by atoms with Crippen LogP contribution in [0.3, 0.4) is 0 Å². The molecule has 0 aliphatic heterocycles. The maximum Gasteiger partial charge on any atom is 0.229 e. The normalized spacial score (nSPS) is 10.0. The third-order valence-corrected chi connectivity index (χ3v) is 3.25. The first kappa shape index (κ1) is 15.4. The average Bonchev–Trinajstić information content (AvgIpc) is 2.55. The van der Waals surface area contributed by atoms with E-state index in [1.807, 2.05) is 13.0 Å². The molecule has 1 aromatic heterocycles. The Morgan fingerprint density at radius 2 is 1.83 bits per heavy atom. The molecular formula is C18H14FN5. The minimum absolute atomic E-state index is 0.339. The van der Waals surface area contributed by atoms with Crippen LogP contribution in [0.25, 0.3) is 0 Å². The van der Waals surface area contributed by atoms with Crippen molar-refractivity contribution in [3.63, 3.8) is 0 Å². The summed E-state index contributed by atoms with van der Waals surface area (Å²) >= 11 is 0. The fourth-order valence-corrected chi connectivity index (χ4v) is 2.21. The van der Waals surface area contributed by atoms with Crippen LogP contribution in [-0.4, -0.2) is 9.97 Å². The predicted octanol–water partition coefficient (Wildman–Crippen LogP) is 4.28. The fraction of sp³-hybridized carbons (Fsp3) is 0.0556. The van der Waals surface area contributed by atoms with Crippen LogP contribution < -0.4 is 10.6 Å². The van der Waals surface area contributed by atoms with Gasteiger partial charge in [0.2, 0.25) is 5.95 Å². The highest BCUT2D eigenvalue weighted by atomic mass is 19.1. The lowest BCUT2D eigenvalue weighted by atomic mass is 10.2. The van der Waals surface area contributed by atoms with Crippen molar-refractivity contribution in [3.8, 4) is 6.07 Å². The summed E-state index contributed by atoms with van der Waals surface area (Å²) in [5.41, 5.74) is 2.48. The average molecular weight is 319 g/mol. The minimum atomic E-state index is -0.339. The fourth-order valence-electron chi connectivity index (χ4n) is 2.21. The van der Waals surface area contributed by atoms with Crippen LogP contribution in [0.1, 0.15) is 11.3 Å². The van der Waals surface area contributed by atoms with Gasteiger partial charge in [0, 0.05) is 17.4 Å². The van der Waals surface area contributed by atoms with E-state index in [0.29, 0.717) is 28.7 Å². The number of aromatic nitrogens is 2. The maximum absolute atomic E-state index is 13.3. The molecule has 0 aliphatic rings. The van der Waals surface area contributed by atoms with Crippen LogP contribution in [0.15, 0.2) is 54.6 Å². The molecule has 2 aromatic carbocycles. The molecule has 0 unspecified atom stereocenters. The van der Waals surface area contributed by atoms with Gasteiger partial charge >= 0.3 is 0 Å². The Kier molecular flexibility index (Phi) is 4.34. The van der Waals surface area contributed by atoms with E-state index in [-0.39, 0.29) is 5.82 Å². The SMILES string of the molecule is Cc1cc(Nc2ccccc2C#N)nc(Nc2cccc(F)c2)n1. The third kappa shape index (κ3) is 3.65. The highest BCUT2D eigenvalue weighted by Crippen LogP contribution is 2.21. The molecule has 6 heteroatoms. The predicted molar refractivity (Wildman–Crippen MR) is 90.9 cm³/mol. The molecule has 0 amide bonds. The molecule has 118 valence electrons. The number of para-hydroxylation sites is 1. The first-order chi connectivity index (χ1) is 11.6. The van der Waals surface area contributed by atoms with E-state index in [2.05, 4.69) is 26.7 Å². The van der Waals surface area contributed by atoms with Gasteiger partial charge in [0.1, 0.15) is 17.7 Å².